The third-order valence-corrected chi connectivity index (χ3v) is 6.37. The SMILES string of the molecule is Cc1cc(F)cc(-c2ccc3c(c2)-c2cccc4c(-c5cc(C)cc(F)c5)ccc-3c24)c1. The molecule has 0 unspecified atom stereocenters. The summed E-state index contributed by atoms with van der Waals surface area (Å²) in [5.41, 5.74) is 10.3. The molecule has 0 saturated carbocycles. The van der Waals surface area contributed by atoms with E-state index in [1.807, 2.05) is 26.0 Å². The second-order valence-electron chi connectivity index (χ2n) is 8.68. The Labute approximate surface area is 185 Å². The maximum absolute atomic E-state index is 14.1. The molecule has 0 nitrogen and oxygen atoms in total. The molecule has 32 heavy (non-hydrogen) atoms. The maximum atomic E-state index is 14.1. The Morgan fingerprint density at radius 1 is 0.469 bits per heavy atom. The van der Waals surface area contributed by atoms with Crippen LogP contribution < -0.4 is 0 Å². The highest BCUT2D eigenvalue weighted by Gasteiger charge is 2.23. The van der Waals surface area contributed by atoms with Crippen LogP contribution in [0.4, 0.5) is 8.78 Å². The first kappa shape index (κ1) is 18.9. The summed E-state index contributed by atoms with van der Waals surface area (Å²) in [6, 6.07) is 27.2. The van der Waals surface area contributed by atoms with Crippen LogP contribution in [0.5, 0.6) is 0 Å². The molecule has 0 atom stereocenters. The molecular weight excluding hydrogens is 398 g/mol. The Bertz CT molecular complexity index is 1520. The molecule has 0 saturated heterocycles. The third-order valence-electron chi connectivity index (χ3n) is 6.37. The Hall–Kier alpha value is -3.78. The average molecular weight is 418 g/mol. The number of hydrogen-bond acceptors (Lipinski definition) is 0. The summed E-state index contributed by atoms with van der Waals surface area (Å²) < 4.78 is 28.2. The van der Waals surface area contributed by atoms with Crippen LogP contribution in [0, 0.1) is 25.5 Å². The van der Waals surface area contributed by atoms with E-state index in [1.165, 1.54) is 16.5 Å². The summed E-state index contributed by atoms with van der Waals surface area (Å²) in [7, 11) is 0. The van der Waals surface area contributed by atoms with Crippen molar-refractivity contribution >= 4 is 10.8 Å². The number of halogens is 2. The highest BCUT2D eigenvalue weighted by molar-refractivity contribution is 6.19. The van der Waals surface area contributed by atoms with Gasteiger partial charge < -0.3 is 0 Å². The van der Waals surface area contributed by atoms with Crippen molar-refractivity contribution < 1.29 is 8.78 Å². The van der Waals surface area contributed by atoms with Gasteiger partial charge in [-0.15, -0.1) is 0 Å². The van der Waals surface area contributed by atoms with Crippen LogP contribution in [0.25, 0.3) is 55.3 Å². The summed E-state index contributed by atoms with van der Waals surface area (Å²) in [5, 5.41) is 2.30. The third kappa shape index (κ3) is 2.87. The predicted molar refractivity (Wildman–Crippen MR) is 129 cm³/mol. The summed E-state index contributed by atoms with van der Waals surface area (Å²) in [6.07, 6.45) is 0. The van der Waals surface area contributed by atoms with Gasteiger partial charge >= 0.3 is 0 Å². The van der Waals surface area contributed by atoms with Gasteiger partial charge in [0, 0.05) is 0 Å². The smallest absolute Gasteiger partial charge is 0.124 e. The van der Waals surface area contributed by atoms with E-state index in [0.717, 1.165) is 49.9 Å². The van der Waals surface area contributed by atoms with Gasteiger partial charge in [-0.25, -0.2) is 8.78 Å². The van der Waals surface area contributed by atoms with Crippen molar-refractivity contribution in [3.8, 4) is 44.5 Å². The first-order valence-corrected chi connectivity index (χ1v) is 10.7. The number of fused-ring (bicyclic) bond motifs is 3. The molecule has 0 spiro atoms. The molecule has 0 heterocycles. The minimum atomic E-state index is -0.221. The zero-order valence-corrected chi connectivity index (χ0v) is 17.8. The Kier molecular flexibility index (Phi) is 4.06. The lowest BCUT2D eigenvalue weighted by Gasteiger charge is -2.10. The first-order valence-electron chi connectivity index (χ1n) is 10.7. The number of rotatable bonds is 2. The lowest BCUT2D eigenvalue weighted by atomic mass is 9.93. The highest BCUT2D eigenvalue weighted by atomic mass is 19.1. The topological polar surface area (TPSA) is 0 Å². The van der Waals surface area contributed by atoms with Crippen LogP contribution in [0.15, 0.2) is 84.9 Å². The fourth-order valence-electron chi connectivity index (χ4n) is 5.08. The van der Waals surface area contributed by atoms with Gasteiger partial charge in [0.2, 0.25) is 0 Å². The van der Waals surface area contributed by atoms with E-state index >= 15 is 0 Å². The van der Waals surface area contributed by atoms with Gasteiger partial charge in [-0.3, -0.25) is 0 Å². The largest absolute Gasteiger partial charge is 0.207 e. The van der Waals surface area contributed by atoms with E-state index in [4.69, 9.17) is 0 Å². The van der Waals surface area contributed by atoms with Crippen LogP contribution >= 0.6 is 0 Å². The van der Waals surface area contributed by atoms with Crippen LogP contribution in [0.3, 0.4) is 0 Å². The van der Waals surface area contributed by atoms with Crippen LogP contribution in [-0.4, -0.2) is 0 Å². The van der Waals surface area contributed by atoms with Crippen molar-refractivity contribution in [3.63, 3.8) is 0 Å². The molecule has 154 valence electrons. The molecule has 0 fully saturated rings. The van der Waals surface area contributed by atoms with Gasteiger partial charge in [0.25, 0.3) is 0 Å². The van der Waals surface area contributed by atoms with E-state index in [0.29, 0.717) is 0 Å². The van der Waals surface area contributed by atoms with E-state index in [-0.39, 0.29) is 11.6 Å². The molecule has 0 amide bonds. The Morgan fingerprint density at radius 2 is 1.09 bits per heavy atom. The summed E-state index contributed by atoms with van der Waals surface area (Å²) in [6.45, 7) is 3.82. The molecule has 5 aromatic rings. The van der Waals surface area contributed by atoms with Crippen LogP contribution in [0.2, 0.25) is 0 Å². The number of hydrogen-bond donors (Lipinski definition) is 0. The molecule has 6 rings (SSSR count). The molecule has 1 aliphatic rings. The number of aryl methyl sites for hydroxylation is 2. The van der Waals surface area contributed by atoms with Gasteiger partial charge in [-0.1, -0.05) is 54.6 Å². The molecule has 0 bridgehead atoms. The van der Waals surface area contributed by atoms with Gasteiger partial charge in [-0.2, -0.15) is 0 Å². The molecular formula is C30H20F2. The summed E-state index contributed by atoms with van der Waals surface area (Å²) in [4.78, 5) is 0. The quantitative estimate of drug-likeness (QED) is 0.264. The summed E-state index contributed by atoms with van der Waals surface area (Å²) >= 11 is 0. The second kappa shape index (κ2) is 6.86. The fraction of sp³-hybridized carbons (Fsp3) is 0.0667. The van der Waals surface area contributed by atoms with Crippen molar-refractivity contribution in [1.29, 1.82) is 0 Å². The molecule has 1 aliphatic carbocycles. The maximum Gasteiger partial charge on any atom is 0.124 e. The zero-order valence-electron chi connectivity index (χ0n) is 17.8. The lowest BCUT2D eigenvalue weighted by Crippen LogP contribution is -1.86. The van der Waals surface area contributed by atoms with E-state index in [2.05, 4.69) is 48.5 Å². The molecule has 0 aliphatic heterocycles. The first-order chi connectivity index (χ1) is 15.5. The molecule has 0 radical (unpaired) electrons. The van der Waals surface area contributed by atoms with Crippen molar-refractivity contribution in [3.05, 3.63) is 108 Å². The molecule has 0 aromatic heterocycles. The van der Waals surface area contributed by atoms with Crippen molar-refractivity contribution in [2.75, 3.05) is 0 Å². The lowest BCUT2D eigenvalue weighted by molar-refractivity contribution is 0.626. The Morgan fingerprint density at radius 3 is 1.84 bits per heavy atom. The normalized spacial score (nSPS) is 11.8. The van der Waals surface area contributed by atoms with Gasteiger partial charge in [0.15, 0.2) is 0 Å². The minimum Gasteiger partial charge on any atom is -0.207 e. The predicted octanol–water partition coefficient (Wildman–Crippen LogP) is 8.72. The van der Waals surface area contributed by atoms with E-state index in [9.17, 15) is 8.78 Å². The monoisotopic (exact) mass is 418 g/mol. The average Bonchev–Trinajstić information content (AvgIpc) is 3.08. The van der Waals surface area contributed by atoms with Gasteiger partial charge in [-0.05, 0) is 111 Å². The number of benzene rings is 5. The van der Waals surface area contributed by atoms with Crippen LogP contribution in [-0.2, 0) is 0 Å². The summed E-state index contributed by atoms with van der Waals surface area (Å²) in [5.74, 6) is -0.442. The van der Waals surface area contributed by atoms with E-state index < -0.39 is 0 Å². The standard InChI is InChI=1S/C30H20F2/c1-17-10-20(14-22(31)12-17)19-6-7-25-28-9-8-24(21-11-18(2)13-23(32)15-21)26-4-3-5-27(30(26)28)29(25)16-19/h3-16H,1-2H3. The molecule has 2 heteroatoms. The molecule has 5 aromatic carbocycles. The van der Waals surface area contributed by atoms with Gasteiger partial charge in [0.05, 0.1) is 0 Å². The second-order valence-corrected chi connectivity index (χ2v) is 8.68. The van der Waals surface area contributed by atoms with Crippen LogP contribution in [0.1, 0.15) is 11.1 Å². The highest BCUT2D eigenvalue weighted by Crippen LogP contribution is 2.50. The van der Waals surface area contributed by atoms with Crippen molar-refractivity contribution in [2.45, 2.75) is 13.8 Å². The van der Waals surface area contributed by atoms with Gasteiger partial charge in [0.1, 0.15) is 11.6 Å². The molecule has 0 N–H and O–H groups in total. The minimum absolute atomic E-state index is 0.221. The Balaban J connectivity index is 1.58. The zero-order chi connectivity index (χ0) is 22.0. The van der Waals surface area contributed by atoms with Crippen molar-refractivity contribution in [2.24, 2.45) is 0 Å². The van der Waals surface area contributed by atoms with Crippen molar-refractivity contribution in [1.82, 2.24) is 0 Å². The fourth-order valence-corrected chi connectivity index (χ4v) is 5.08. The van der Waals surface area contributed by atoms with E-state index in [1.54, 1.807) is 24.3 Å².